The third-order valence-electron chi connectivity index (χ3n) is 4.99. The summed E-state index contributed by atoms with van der Waals surface area (Å²) in [6.45, 7) is 4.02. The van der Waals surface area contributed by atoms with Crippen LogP contribution in [0.5, 0.6) is 0 Å². The van der Waals surface area contributed by atoms with E-state index in [9.17, 15) is 9.59 Å². The Balaban J connectivity index is 0.00000261. The second-order valence-electron chi connectivity index (χ2n) is 6.86. The molecule has 3 N–H and O–H groups in total. The van der Waals surface area contributed by atoms with Crippen molar-refractivity contribution >= 4 is 29.8 Å². The van der Waals surface area contributed by atoms with Crippen LogP contribution >= 0.6 is 12.4 Å². The summed E-state index contributed by atoms with van der Waals surface area (Å²) in [6.07, 6.45) is 0. The summed E-state index contributed by atoms with van der Waals surface area (Å²) >= 11 is 0. The molecule has 0 radical (unpaired) electrons. The van der Waals surface area contributed by atoms with E-state index < -0.39 is 0 Å². The molecule has 144 valence electrons. The first-order valence-corrected chi connectivity index (χ1v) is 8.95. The first-order chi connectivity index (χ1) is 12.6. The van der Waals surface area contributed by atoms with Gasteiger partial charge in [0.15, 0.2) is 5.78 Å². The van der Waals surface area contributed by atoms with Crippen molar-refractivity contribution in [2.24, 2.45) is 11.7 Å². The van der Waals surface area contributed by atoms with Crippen LogP contribution in [0, 0.1) is 5.92 Å². The van der Waals surface area contributed by atoms with Gasteiger partial charge >= 0.3 is 0 Å². The predicted molar refractivity (Wildman–Crippen MR) is 110 cm³/mol. The van der Waals surface area contributed by atoms with Crippen LogP contribution < -0.4 is 11.1 Å². The van der Waals surface area contributed by atoms with Gasteiger partial charge in [0.25, 0.3) is 0 Å². The number of hydrogen-bond acceptors (Lipinski definition) is 4. The second-order valence-corrected chi connectivity index (χ2v) is 6.86. The van der Waals surface area contributed by atoms with Crippen LogP contribution in [0.3, 0.4) is 0 Å². The van der Waals surface area contributed by atoms with Gasteiger partial charge in [0, 0.05) is 24.6 Å². The molecular formula is C21H26ClN3O2. The minimum atomic E-state index is -0.108. The quantitative estimate of drug-likeness (QED) is 0.747. The zero-order chi connectivity index (χ0) is 18.5. The molecule has 0 spiro atoms. The highest BCUT2D eigenvalue weighted by molar-refractivity contribution is 6.04. The molecular weight excluding hydrogens is 362 g/mol. The minimum Gasteiger partial charge on any atom is -0.330 e. The van der Waals surface area contributed by atoms with Crippen molar-refractivity contribution in [1.29, 1.82) is 0 Å². The van der Waals surface area contributed by atoms with Crippen LogP contribution in [-0.4, -0.2) is 42.8 Å². The number of ketones is 1. The van der Waals surface area contributed by atoms with Crippen molar-refractivity contribution in [3.05, 3.63) is 65.7 Å². The van der Waals surface area contributed by atoms with Gasteiger partial charge in [-0.2, -0.15) is 0 Å². The minimum absolute atomic E-state index is 0. The van der Waals surface area contributed by atoms with Gasteiger partial charge in [-0.05, 0) is 37.1 Å². The first kappa shape index (κ1) is 21.1. The normalized spacial score (nSPS) is 19.3. The number of benzene rings is 2. The van der Waals surface area contributed by atoms with Crippen LogP contribution in [0.15, 0.2) is 54.6 Å². The molecule has 0 unspecified atom stereocenters. The zero-order valence-electron chi connectivity index (χ0n) is 15.4. The lowest BCUT2D eigenvalue weighted by molar-refractivity contribution is -0.117. The van der Waals surface area contributed by atoms with E-state index in [-0.39, 0.29) is 24.1 Å². The van der Waals surface area contributed by atoms with Crippen molar-refractivity contribution in [3.63, 3.8) is 0 Å². The van der Waals surface area contributed by atoms with Crippen LogP contribution in [0.4, 0.5) is 5.69 Å². The van der Waals surface area contributed by atoms with Crippen LogP contribution in [0.25, 0.3) is 0 Å². The fourth-order valence-electron chi connectivity index (χ4n) is 3.70. The molecule has 1 saturated heterocycles. The standard InChI is InChI=1S/C21H25N3O2.ClH/c1-15(25)18-9-5-6-10-20(18)23-21(26)14-24-12-17(11-22)19(13-24)16-7-3-2-4-8-16;/h2-10,17,19H,11-14,22H2,1H3,(H,23,26);1H/t17-,19+;/m1./s1. The smallest absolute Gasteiger partial charge is 0.238 e. The Bertz CT molecular complexity index is 782. The fourth-order valence-corrected chi connectivity index (χ4v) is 3.70. The van der Waals surface area contributed by atoms with Crippen molar-refractivity contribution in [2.45, 2.75) is 12.8 Å². The fraction of sp³-hybridized carbons (Fsp3) is 0.333. The van der Waals surface area contributed by atoms with E-state index in [1.807, 2.05) is 24.3 Å². The highest BCUT2D eigenvalue weighted by Crippen LogP contribution is 2.31. The SMILES string of the molecule is CC(=O)c1ccccc1NC(=O)CN1C[C@@H](CN)[C@H](c2ccccc2)C1.Cl. The van der Waals surface area contributed by atoms with Crippen molar-refractivity contribution in [2.75, 3.05) is 31.5 Å². The highest BCUT2D eigenvalue weighted by atomic mass is 35.5. The zero-order valence-corrected chi connectivity index (χ0v) is 16.2. The Hall–Kier alpha value is -2.21. The summed E-state index contributed by atoms with van der Waals surface area (Å²) in [5.74, 6) is 0.519. The highest BCUT2D eigenvalue weighted by Gasteiger charge is 2.33. The summed E-state index contributed by atoms with van der Waals surface area (Å²) < 4.78 is 0. The lowest BCUT2D eigenvalue weighted by Crippen LogP contribution is -2.32. The van der Waals surface area contributed by atoms with Crippen LogP contribution in [-0.2, 0) is 4.79 Å². The lowest BCUT2D eigenvalue weighted by atomic mass is 9.89. The summed E-state index contributed by atoms with van der Waals surface area (Å²) in [5.41, 5.74) is 8.34. The van der Waals surface area contributed by atoms with Crippen LogP contribution in [0.2, 0.25) is 0 Å². The molecule has 5 nitrogen and oxygen atoms in total. The number of hydrogen-bond donors (Lipinski definition) is 2. The van der Waals surface area contributed by atoms with Gasteiger partial charge in [0.1, 0.15) is 0 Å². The number of anilines is 1. The molecule has 1 amide bonds. The molecule has 1 fully saturated rings. The number of Topliss-reactive ketones (excluding diaryl/α,β-unsaturated/α-hetero) is 1. The van der Waals surface area contributed by atoms with Gasteiger partial charge in [0.2, 0.25) is 5.91 Å². The molecule has 0 saturated carbocycles. The number of amides is 1. The van der Waals surface area contributed by atoms with E-state index in [0.717, 1.165) is 13.1 Å². The van der Waals surface area contributed by atoms with Gasteiger partial charge in [-0.15, -0.1) is 12.4 Å². The number of nitrogens with two attached hydrogens (primary N) is 1. The molecule has 2 aromatic rings. The Morgan fingerprint density at radius 1 is 1.07 bits per heavy atom. The molecule has 27 heavy (non-hydrogen) atoms. The van der Waals surface area contributed by atoms with Gasteiger partial charge in [0.05, 0.1) is 12.2 Å². The number of nitrogens with zero attached hydrogens (tertiary/aromatic N) is 1. The average molecular weight is 388 g/mol. The third-order valence-corrected chi connectivity index (χ3v) is 4.99. The van der Waals surface area contributed by atoms with Gasteiger partial charge < -0.3 is 11.1 Å². The van der Waals surface area contributed by atoms with Gasteiger partial charge in [-0.25, -0.2) is 0 Å². The number of nitrogens with one attached hydrogen (secondary N) is 1. The first-order valence-electron chi connectivity index (χ1n) is 8.95. The number of carbonyl (C=O) groups excluding carboxylic acids is 2. The van der Waals surface area contributed by atoms with E-state index in [4.69, 9.17) is 5.73 Å². The van der Waals surface area contributed by atoms with Gasteiger partial charge in [-0.1, -0.05) is 42.5 Å². The molecule has 2 atom stereocenters. The van der Waals surface area contributed by atoms with E-state index in [1.54, 1.807) is 18.2 Å². The monoisotopic (exact) mass is 387 g/mol. The Labute approximate surface area is 166 Å². The summed E-state index contributed by atoms with van der Waals surface area (Å²) in [5, 5.41) is 2.87. The summed E-state index contributed by atoms with van der Waals surface area (Å²) in [6, 6.07) is 17.4. The average Bonchev–Trinajstić information content (AvgIpc) is 3.05. The second kappa shape index (κ2) is 9.65. The number of halogens is 1. The summed E-state index contributed by atoms with van der Waals surface area (Å²) in [4.78, 5) is 26.3. The van der Waals surface area contributed by atoms with E-state index in [1.165, 1.54) is 12.5 Å². The van der Waals surface area contributed by atoms with Crippen LogP contribution in [0.1, 0.15) is 28.8 Å². The molecule has 0 aliphatic carbocycles. The molecule has 0 aromatic heterocycles. The van der Waals surface area contributed by atoms with Crippen molar-refractivity contribution in [1.82, 2.24) is 4.90 Å². The van der Waals surface area contributed by atoms with Crippen molar-refractivity contribution < 1.29 is 9.59 Å². The number of para-hydroxylation sites is 1. The maximum Gasteiger partial charge on any atom is 0.238 e. The van der Waals surface area contributed by atoms with E-state index in [2.05, 4.69) is 22.3 Å². The van der Waals surface area contributed by atoms with E-state index in [0.29, 0.717) is 36.2 Å². The Morgan fingerprint density at radius 2 is 1.74 bits per heavy atom. The summed E-state index contributed by atoms with van der Waals surface area (Å²) in [7, 11) is 0. The Morgan fingerprint density at radius 3 is 2.41 bits per heavy atom. The lowest BCUT2D eigenvalue weighted by Gasteiger charge is -2.17. The molecule has 2 aromatic carbocycles. The van der Waals surface area contributed by atoms with E-state index >= 15 is 0 Å². The molecule has 1 aliphatic heterocycles. The molecule has 1 aliphatic rings. The number of carbonyl (C=O) groups is 2. The van der Waals surface area contributed by atoms with Gasteiger partial charge in [-0.3, -0.25) is 14.5 Å². The predicted octanol–water partition coefficient (Wildman–Crippen LogP) is 2.92. The number of likely N-dealkylation sites (tertiary alicyclic amines) is 1. The maximum atomic E-state index is 12.5. The third kappa shape index (κ3) is 5.16. The topological polar surface area (TPSA) is 75.4 Å². The molecule has 6 heteroatoms. The molecule has 3 rings (SSSR count). The Kier molecular flexibility index (Phi) is 7.54. The maximum absolute atomic E-state index is 12.5. The molecule has 1 heterocycles. The largest absolute Gasteiger partial charge is 0.330 e. The number of rotatable bonds is 6. The van der Waals surface area contributed by atoms with Crippen molar-refractivity contribution in [3.8, 4) is 0 Å². The molecule has 0 bridgehead atoms.